The third kappa shape index (κ3) is 5.46. The fraction of sp³-hybridized carbons (Fsp3) is 0.438. The monoisotopic (exact) mass is 366 g/mol. The molecule has 25 heavy (non-hydrogen) atoms. The number of ether oxygens (including phenoxy) is 2. The Labute approximate surface area is 145 Å². The molecule has 1 saturated heterocycles. The summed E-state index contributed by atoms with van der Waals surface area (Å²) >= 11 is 0. The molecule has 9 heteroatoms. The third-order valence-electron chi connectivity index (χ3n) is 3.85. The Kier molecular flexibility index (Phi) is 5.98. The van der Waals surface area contributed by atoms with E-state index in [4.69, 9.17) is 14.7 Å². The average molecular weight is 366 g/mol. The molecule has 8 nitrogen and oxygen atoms in total. The first kappa shape index (κ1) is 18.7. The Morgan fingerprint density at radius 2 is 1.96 bits per heavy atom. The molecule has 0 spiro atoms. The Bertz CT molecular complexity index is 782. The summed E-state index contributed by atoms with van der Waals surface area (Å²) in [5, 5.41) is 8.69. The van der Waals surface area contributed by atoms with E-state index in [-0.39, 0.29) is 24.2 Å². The highest BCUT2D eigenvalue weighted by atomic mass is 32.2. The molecule has 0 aliphatic carbocycles. The van der Waals surface area contributed by atoms with Gasteiger partial charge in [-0.3, -0.25) is 4.79 Å². The number of rotatable bonds is 6. The van der Waals surface area contributed by atoms with Gasteiger partial charge in [0.25, 0.3) is 5.91 Å². The minimum Gasteiger partial charge on any atom is -0.482 e. The molecule has 0 aromatic heterocycles. The van der Waals surface area contributed by atoms with Crippen LogP contribution in [0, 0.1) is 11.3 Å². The Hall–Kier alpha value is -2.60. The molecule has 0 bridgehead atoms. The van der Waals surface area contributed by atoms with Crippen LogP contribution in [0.2, 0.25) is 0 Å². The maximum atomic E-state index is 12.0. The van der Waals surface area contributed by atoms with Crippen LogP contribution < -0.4 is 4.74 Å². The standard InChI is InChI=1S/C16H18N2O6S/c1-18(13-6-7-25(21,22)11-13)15(19)9-24-16(20)10-23-14-4-2-12(8-17)3-5-14/h2-5,13H,6-7,9-11H2,1H3/t13-/m1/s1. The van der Waals surface area contributed by atoms with E-state index in [9.17, 15) is 18.0 Å². The minimum atomic E-state index is -3.09. The molecule has 134 valence electrons. The summed E-state index contributed by atoms with van der Waals surface area (Å²) in [5.41, 5.74) is 0.470. The number of hydrogen-bond donors (Lipinski definition) is 0. The number of esters is 1. The zero-order chi connectivity index (χ0) is 18.4. The van der Waals surface area contributed by atoms with Gasteiger partial charge in [0.05, 0.1) is 23.1 Å². The fourth-order valence-electron chi connectivity index (χ4n) is 2.34. The number of hydrogen-bond acceptors (Lipinski definition) is 7. The number of carbonyl (C=O) groups excluding carboxylic acids is 2. The van der Waals surface area contributed by atoms with Crippen molar-refractivity contribution in [3.8, 4) is 11.8 Å². The smallest absolute Gasteiger partial charge is 0.344 e. The quantitative estimate of drug-likeness (QED) is 0.657. The summed E-state index contributed by atoms with van der Waals surface area (Å²) in [5.74, 6) is -0.784. The predicted octanol–water partition coefficient (Wildman–Crippen LogP) is 0.126. The highest BCUT2D eigenvalue weighted by Gasteiger charge is 2.32. The molecule has 0 saturated carbocycles. The van der Waals surface area contributed by atoms with E-state index in [1.165, 1.54) is 11.9 Å². The zero-order valence-electron chi connectivity index (χ0n) is 13.7. The topological polar surface area (TPSA) is 114 Å². The summed E-state index contributed by atoms with van der Waals surface area (Å²) in [6, 6.07) is 7.77. The summed E-state index contributed by atoms with van der Waals surface area (Å²) in [6.07, 6.45) is 0.389. The molecule has 2 rings (SSSR count). The van der Waals surface area contributed by atoms with Crippen molar-refractivity contribution in [3.05, 3.63) is 29.8 Å². The molecular weight excluding hydrogens is 348 g/mol. The molecule has 1 amide bonds. The van der Waals surface area contributed by atoms with Gasteiger partial charge >= 0.3 is 5.97 Å². The molecule has 0 radical (unpaired) electrons. The minimum absolute atomic E-state index is 0.0630. The van der Waals surface area contributed by atoms with E-state index >= 15 is 0 Å². The van der Waals surface area contributed by atoms with Crippen molar-refractivity contribution >= 4 is 21.7 Å². The number of carbonyl (C=O) groups is 2. The van der Waals surface area contributed by atoms with Gasteiger partial charge in [0.15, 0.2) is 23.1 Å². The van der Waals surface area contributed by atoms with E-state index in [1.807, 2.05) is 6.07 Å². The molecule has 1 aliphatic heterocycles. The number of benzene rings is 1. The number of sulfone groups is 1. The number of amides is 1. The van der Waals surface area contributed by atoms with Crippen LogP contribution in [0.3, 0.4) is 0 Å². The second kappa shape index (κ2) is 7.98. The first-order chi connectivity index (χ1) is 11.8. The van der Waals surface area contributed by atoms with Crippen molar-refractivity contribution in [3.63, 3.8) is 0 Å². The van der Waals surface area contributed by atoms with Crippen molar-refractivity contribution in [2.45, 2.75) is 12.5 Å². The van der Waals surface area contributed by atoms with Gasteiger partial charge in [-0.1, -0.05) is 0 Å². The molecule has 1 aromatic rings. The van der Waals surface area contributed by atoms with E-state index < -0.39 is 28.3 Å². The highest BCUT2D eigenvalue weighted by Crippen LogP contribution is 2.16. The van der Waals surface area contributed by atoms with Gasteiger partial charge in [-0.15, -0.1) is 0 Å². The van der Waals surface area contributed by atoms with E-state index in [0.29, 0.717) is 17.7 Å². The normalized spacial score (nSPS) is 18.2. The first-order valence-electron chi connectivity index (χ1n) is 7.55. The van der Waals surface area contributed by atoms with Crippen LogP contribution in [0.1, 0.15) is 12.0 Å². The fourth-order valence-corrected chi connectivity index (χ4v) is 4.11. The molecule has 0 N–H and O–H groups in total. The number of likely N-dealkylation sites (N-methyl/N-ethyl adjacent to an activating group) is 1. The number of nitriles is 1. The molecule has 1 aliphatic rings. The maximum Gasteiger partial charge on any atom is 0.344 e. The van der Waals surface area contributed by atoms with Gasteiger partial charge in [-0.05, 0) is 30.7 Å². The van der Waals surface area contributed by atoms with Gasteiger partial charge in [0, 0.05) is 13.1 Å². The van der Waals surface area contributed by atoms with Crippen LogP contribution >= 0.6 is 0 Å². The molecule has 1 heterocycles. The van der Waals surface area contributed by atoms with E-state index in [1.54, 1.807) is 24.3 Å². The van der Waals surface area contributed by atoms with Crippen LogP contribution in [0.5, 0.6) is 5.75 Å². The van der Waals surface area contributed by atoms with Crippen LogP contribution in [0.15, 0.2) is 24.3 Å². The second-order valence-corrected chi connectivity index (χ2v) is 7.88. The van der Waals surface area contributed by atoms with Crippen LogP contribution in [-0.4, -0.2) is 63.0 Å². The van der Waals surface area contributed by atoms with Crippen molar-refractivity contribution in [2.24, 2.45) is 0 Å². The predicted molar refractivity (Wildman–Crippen MR) is 87.4 cm³/mol. The lowest BCUT2D eigenvalue weighted by Crippen LogP contribution is -2.40. The van der Waals surface area contributed by atoms with Gasteiger partial charge in [-0.2, -0.15) is 5.26 Å². The molecule has 1 aromatic carbocycles. The third-order valence-corrected chi connectivity index (χ3v) is 5.60. The van der Waals surface area contributed by atoms with E-state index in [2.05, 4.69) is 0 Å². The van der Waals surface area contributed by atoms with Gasteiger partial charge in [-0.25, -0.2) is 13.2 Å². The maximum absolute atomic E-state index is 12.0. The Morgan fingerprint density at radius 1 is 1.28 bits per heavy atom. The second-order valence-electron chi connectivity index (χ2n) is 5.65. The molecular formula is C16H18N2O6S. The lowest BCUT2D eigenvalue weighted by Gasteiger charge is -2.23. The molecule has 0 unspecified atom stereocenters. The average Bonchev–Trinajstić information content (AvgIpc) is 2.97. The summed E-state index contributed by atoms with van der Waals surface area (Å²) in [7, 11) is -1.60. The zero-order valence-corrected chi connectivity index (χ0v) is 14.5. The van der Waals surface area contributed by atoms with Crippen molar-refractivity contribution in [2.75, 3.05) is 31.8 Å². The van der Waals surface area contributed by atoms with Crippen LogP contribution in [-0.2, 0) is 24.2 Å². The Balaban J connectivity index is 1.73. The lowest BCUT2D eigenvalue weighted by atomic mass is 10.2. The van der Waals surface area contributed by atoms with Crippen molar-refractivity contribution < 1.29 is 27.5 Å². The number of nitrogens with zero attached hydrogens (tertiary/aromatic N) is 2. The largest absolute Gasteiger partial charge is 0.482 e. The van der Waals surface area contributed by atoms with Crippen molar-refractivity contribution in [1.29, 1.82) is 5.26 Å². The highest BCUT2D eigenvalue weighted by molar-refractivity contribution is 7.91. The van der Waals surface area contributed by atoms with E-state index in [0.717, 1.165) is 0 Å². The molecule has 1 fully saturated rings. The van der Waals surface area contributed by atoms with Gasteiger partial charge in [0.1, 0.15) is 5.75 Å². The SMILES string of the molecule is CN(C(=O)COC(=O)COc1ccc(C#N)cc1)[C@@H]1CCS(=O)(=O)C1. The lowest BCUT2D eigenvalue weighted by molar-refractivity contribution is -0.153. The summed E-state index contributed by atoms with van der Waals surface area (Å²) in [4.78, 5) is 24.9. The van der Waals surface area contributed by atoms with Crippen LogP contribution in [0.4, 0.5) is 0 Å². The summed E-state index contributed by atoms with van der Waals surface area (Å²) < 4.78 is 32.9. The molecule has 1 atom stereocenters. The van der Waals surface area contributed by atoms with Gasteiger partial charge in [0.2, 0.25) is 0 Å². The Morgan fingerprint density at radius 3 is 2.52 bits per heavy atom. The summed E-state index contributed by atoms with van der Waals surface area (Å²) in [6.45, 7) is -0.844. The van der Waals surface area contributed by atoms with Crippen molar-refractivity contribution in [1.82, 2.24) is 4.90 Å². The van der Waals surface area contributed by atoms with Gasteiger partial charge < -0.3 is 14.4 Å². The van der Waals surface area contributed by atoms with Crippen LogP contribution in [0.25, 0.3) is 0 Å². The first-order valence-corrected chi connectivity index (χ1v) is 9.37.